The number of hydrogen-bond acceptors (Lipinski definition) is 4. The standard InChI is InChI=1S/C15H13FN4OS/c16-11-6-8-17-13-12(7-9-21-14(11)13)19-20-15(22)18-10-4-2-1-3-5-10/h1-6,8H,7,9H2,(H2,18,20,22)/b19-12-. The predicted octanol–water partition coefficient (Wildman–Crippen LogP) is 2.69. The van der Waals surface area contributed by atoms with E-state index in [0.29, 0.717) is 29.5 Å². The Hall–Kier alpha value is -2.54. The summed E-state index contributed by atoms with van der Waals surface area (Å²) in [6.07, 6.45) is 1.92. The van der Waals surface area contributed by atoms with E-state index in [1.165, 1.54) is 12.3 Å². The molecule has 3 rings (SSSR count). The summed E-state index contributed by atoms with van der Waals surface area (Å²) in [6, 6.07) is 10.8. The lowest BCUT2D eigenvalue weighted by atomic mass is 10.1. The Kier molecular flexibility index (Phi) is 4.24. The molecule has 2 N–H and O–H groups in total. The molecule has 0 saturated carbocycles. The first-order valence-electron chi connectivity index (χ1n) is 6.70. The molecule has 2 heterocycles. The van der Waals surface area contributed by atoms with E-state index in [0.717, 1.165) is 5.69 Å². The second-order valence-corrected chi connectivity index (χ2v) is 4.97. The van der Waals surface area contributed by atoms with Gasteiger partial charge in [-0.25, -0.2) is 4.39 Å². The van der Waals surface area contributed by atoms with Crippen molar-refractivity contribution in [1.29, 1.82) is 0 Å². The number of fused-ring (bicyclic) bond motifs is 1. The molecule has 2 aromatic rings. The first kappa shape index (κ1) is 14.4. The maximum absolute atomic E-state index is 13.7. The van der Waals surface area contributed by atoms with Crippen molar-refractivity contribution in [3.05, 3.63) is 54.1 Å². The van der Waals surface area contributed by atoms with Gasteiger partial charge in [0.2, 0.25) is 0 Å². The van der Waals surface area contributed by atoms with Crippen LogP contribution in [0.5, 0.6) is 5.75 Å². The fraction of sp³-hybridized carbons (Fsp3) is 0.133. The summed E-state index contributed by atoms with van der Waals surface area (Å²) in [7, 11) is 0. The van der Waals surface area contributed by atoms with E-state index in [-0.39, 0.29) is 5.75 Å². The maximum atomic E-state index is 13.7. The Balaban J connectivity index is 1.72. The molecule has 0 amide bonds. The highest BCUT2D eigenvalue weighted by Crippen LogP contribution is 2.25. The van der Waals surface area contributed by atoms with Gasteiger partial charge in [-0.15, -0.1) is 0 Å². The number of halogens is 1. The molecule has 7 heteroatoms. The Morgan fingerprint density at radius 2 is 2.09 bits per heavy atom. The number of nitrogens with zero attached hydrogens (tertiary/aromatic N) is 2. The molecule has 1 aliphatic rings. The lowest BCUT2D eigenvalue weighted by Gasteiger charge is -2.18. The zero-order valence-corrected chi connectivity index (χ0v) is 12.4. The van der Waals surface area contributed by atoms with Crippen LogP contribution in [0, 0.1) is 5.82 Å². The minimum Gasteiger partial charge on any atom is -0.488 e. The van der Waals surface area contributed by atoms with Gasteiger partial charge in [0.1, 0.15) is 5.69 Å². The van der Waals surface area contributed by atoms with Gasteiger partial charge in [-0.2, -0.15) is 5.10 Å². The molecule has 1 aliphatic heterocycles. The van der Waals surface area contributed by atoms with E-state index in [2.05, 4.69) is 20.8 Å². The minimum atomic E-state index is -0.442. The van der Waals surface area contributed by atoms with Crippen molar-refractivity contribution in [2.45, 2.75) is 6.42 Å². The molecule has 0 spiro atoms. The molecule has 0 fully saturated rings. The predicted molar refractivity (Wildman–Crippen MR) is 86.6 cm³/mol. The van der Waals surface area contributed by atoms with Crippen molar-refractivity contribution in [1.82, 2.24) is 10.4 Å². The van der Waals surface area contributed by atoms with Crippen LogP contribution in [0.4, 0.5) is 10.1 Å². The molecule has 1 aromatic heterocycles. The Morgan fingerprint density at radius 3 is 2.91 bits per heavy atom. The van der Waals surface area contributed by atoms with Gasteiger partial charge in [0.25, 0.3) is 0 Å². The van der Waals surface area contributed by atoms with Crippen LogP contribution >= 0.6 is 12.2 Å². The van der Waals surface area contributed by atoms with Crippen LogP contribution in [0.2, 0.25) is 0 Å². The van der Waals surface area contributed by atoms with Crippen LogP contribution in [0.15, 0.2) is 47.7 Å². The van der Waals surface area contributed by atoms with E-state index < -0.39 is 5.82 Å². The van der Waals surface area contributed by atoms with Crippen LogP contribution in [0.25, 0.3) is 0 Å². The number of thiocarbonyl (C=S) groups is 1. The average molecular weight is 316 g/mol. The first-order chi connectivity index (χ1) is 10.7. The van der Waals surface area contributed by atoms with Crippen molar-refractivity contribution < 1.29 is 9.13 Å². The van der Waals surface area contributed by atoms with Crippen LogP contribution in [0.1, 0.15) is 12.1 Å². The zero-order chi connectivity index (χ0) is 15.4. The smallest absolute Gasteiger partial charge is 0.191 e. The molecular weight excluding hydrogens is 303 g/mol. The van der Waals surface area contributed by atoms with E-state index in [4.69, 9.17) is 17.0 Å². The average Bonchev–Trinajstić information content (AvgIpc) is 2.54. The molecule has 112 valence electrons. The second kappa shape index (κ2) is 6.48. The van der Waals surface area contributed by atoms with E-state index in [9.17, 15) is 4.39 Å². The third kappa shape index (κ3) is 3.20. The fourth-order valence-electron chi connectivity index (χ4n) is 2.04. The Morgan fingerprint density at radius 1 is 1.27 bits per heavy atom. The molecular formula is C15H13FN4OS. The van der Waals surface area contributed by atoms with Crippen LogP contribution in [-0.2, 0) is 0 Å². The monoisotopic (exact) mass is 316 g/mol. The Bertz CT molecular complexity index is 721. The summed E-state index contributed by atoms with van der Waals surface area (Å²) in [5.74, 6) is -0.307. The summed E-state index contributed by atoms with van der Waals surface area (Å²) in [5, 5.41) is 7.57. The third-order valence-electron chi connectivity index (χ3n) is 3.04. The molecule has 0 unspecified atom stereocenters. The number of hydrazone groups is 1. The number of anilines is 1. The SMILES string of the molecule is Fc1ccnc2c1OCC/C2=N/NC(=S)Nc1ccccc1. The summed E-state index contributed by atoms with van der Waals surface area (Å²) in [4.78, 5) is 4.12. The lowest BCUT2D eigenvalue weighted by Crippen LogP contribution is -2.27. The topological polar surface area (TPSA) is 58.5 Å². The number of ether oxygens (including phenoxy) is 1. The number of hydrogen-bond donors (Lipinski definition) is 2. The first-order valence-corrected chi connectivity index (χ1v) is 7.11. The van der Waals surface area contributed by atoms with E-state index >= 15 is 0 Å². The second-order valence-electron chi connectivity index (χ2n) is 4.56. The summed E-state index contributed by atoms with van der Waals surface area (Å²) < 4.78 is 18.9. The van der Waals surface area contributed by atoms with Crippen molar-refractivity contribution >= 4 is 28.7 Å². The zero-order valence-electron chi connectivity index (χ0n) is 11.5. The lowest BCUT2D eigenvalue weighted by molar-refractivity contribution is 0.300. The van der Waals surface area contributed by atoms with Gasteiger partial charge in [-0.05, 0) is 30.4 Å². The molecule has 22 heavy (non-hydrogen) atoms. The normalized spacial score (nSPS) is 14.9. The highest BCUT2D eigenvalue weighted by atomic mass is 32.1. The van der Waals surface area contributed by atoms with Crippen LogP contribution in [0.3, 0.4) is 0 Å². The number of nitrogens with one attached hydrogen (secondary N) is 2. The molecule has 0 saturated heterocycles. The summed E-state index contributed by atoms with van der Waals surface area (Å²) in [5.41, 5.74) is 4.62. The van der Waals surface area contributed by atoms with Gasteiger partial charge in [0, 0.05) is 18.3 Å². The fourth-order valence-corrected chi connectivity index (χ4v) is 2.21. The summed E-state index contributed by atoms with van der Waals surface area (Å²) >= 11 is 5.17. The van der Waals surface area contributed by atoms with Gasteiger partial charge in [-0.3, -0.25) is 10.4 Å². The highest BCUT2D eigenvalue weighted by Gasteiger charge is 2.21. The number of aromatic nitrogens is 1. The largest absolute Gasteiger partial charge is 0.488 e. The third-order valence-corrected chi connectivity index (χ3v) is 3.23. The van der Waals surface area contributed by atoms with E-state index in [1.807, 2.05) is 30.3 Å². The van der Waals surface area contributed by atoms with Gasteiger partial charge in [0.05, 0.1) is 12.3 Å². The molecule has 0 aliphatic carbocycles. The van der Waals surface area contributed by atoms with Gasteiger partial charge in [0.15, 0.2) is 16.7 Å². The van der Waals surface area contributed by atoms with Crippen molar-refractivity contribution in [3.8, 4) is 5.75 Å². The molecule has 0 radical (unpaired) electrons. The van der Waals surface area contributed by atoms with Crippen molar-refractivity contribution in [2.75, 3.05) is 11.9 Å². The van der Waals surface area contributed by atoms with Gasteiger partial charge in [-0.1, -0.05) is 18.2 Å². The number of pyridine rings is 1. The van der Waals surface area contributed by atoms with Gasteiger partial charge < -0.3 is 10.1 Å². The molecule has 0 bridgehead atoms. The Labute approximate surface area is 132 Å². The molecule has 1 aromatic carbocycles. The quantitative estimate of drug-likeness (QED) is 0.659. The number of para-hydroxylation sites is 1. The van der Waals surface area contributed by atoms with Crippen LogP contribution in [-0.4, -0.2) is 22.4 Å². The minimum absolute atomic E-state index is 0.135. The number of benzene rings is 1. The van der Waals surface area contributed by atoms with Gasteiger partial charge >= 0.3 is 0 Å². The highest BCUT2D eigenvalue weighted by molar-refractivity contribution is 7.80. The molecule has 0 atom stereocenters. The number of rotatable bonds is 2. The van der Waals surface area contributed by atoms with Crippen molar-refractivity contribution in [3.63, 3.8) is 0 Å². The van der Waals surface area contributed by atoms with Crippen LogP contribution < -0.4 is 15.5 Å². The maximum Gasteiger partial charge on any atom is 0.191 e. The van der Waals surface area contributed by atoms with E-state index in [1.54, 1.807) is 0 Å². The molecule has 5 nitrogen and oxygen atoms in total. The van der Waals surface area contributed by atoms with Crippen molar-refractivity contribution in [2.24, 2.45) is 5.10 Å². The summed E-state index contributed by atoms with van der Waals surface area (Å²) in [6.45, 7) is 0.356.